The molecule has 1 fully saturated rings. The zero-order chi connectivity index (χ0) is 9.26. The van der Waals surface area contributed by atoms with Crippen molar-refractivity contribution in [3.8, 4) is 0 Å². The first-order valence-electron chi connectivity index (χ1n) is 4.32. The summed E-state index contributed by atoms with van der Waals surface area (Å²) in [4.78, 5) is 11.3. The second-order valence-corrected chi connectivity index (χ2v) is 2.99. The summed E-state index contributed by atoms with van der Waals surface area (Å²) >= 11 is 0. The number of ether oxygens (including phenoxy) is 1. The van der Waals surface area contributed by atoms with Gasteiger partial charge in [0.05, 0.1) is 6.61 Å². The number of esters is 1. The topological polar surface area (TPSA) is 65.2 Å². The van der Waals surface area contributed by atoms with Crippen LogP contribution in [-0.4, -0.2) is 22.9 Å². The van der Waals surface area contributed by atoms with Gasteiger partial charge in [-0.1, -0.05) is 5.16 Å². The van der Waals surface area contributed by atoms with E-state index in [2.05, 4.69) is 14.9 Å². The Kier molecular flexibility index (Phi) is 2.00. The fourth-order valence-corrected chi connectivity index (χ4v) is 1.16. The van der Waals surface area contributed by atoms with Crippen LogP contribution in [0, 0.1) is 0 Å². The van der Waals surface area contributed by atoms with E-state index in [-0.39, 0.29) is 5.69 Å². The summed E-state index contributed by atoms with van der Waals surface area (Å²) in [6, 6.07) is 0. The molecule has 13 heavy (non-hydrogen) atoms. The zero-order valence-electron chi connectivity index (χ0n) is 7.32. The molecule has 5 heteroatoms. The molecule has 0 aromatic carbocycles. The summed E-state index contributed by atoms with van der Waals surface area (Å²) in [6.45, 7) is 2.10. The molecule has 0 N–H and O–H groups in total. The Morgan fingerprint density at radius 2 is 2.38 bits per heavy atom. The minimum atomic E-state index is -0.439. The van der Waals surface area contributed by atoms with Gasteiger partial charge in [0.15, 0.2) is 0 Å². The lowest BCUT2D eigenvalue weighted by molar-refractivity contribution is 0.0513. The quantitative estimate of drug-likeness (QED) is 0.655. The average Bonchev–Trinajstić information content (AvgIpc) is 2.84. The Balaban J connectivity index is 2.18. The molecular weight excluding hydrogens is 172 g/mol. The SMILES string of the molecule is CCOC(=O)c1nonc1C1CC1. The molecule has 0 atom stereocenters. The van der Waals surface area contributed by atoms with Crippen LogP contribution in [0.25, 0.3) is 0 Å². The molecule has 0 spiro atoms. The highest BCUT2D eigenvalue weighted by molar-refractivity contribution is 5.88. The first kappa shape index (κ1) is 8.22. The van der Waals surface area contributed by atoms with Crippen molar-refractivity contribution in [1.29, 1.82) is 0 Å². The van der Waals surface area contributed by atoms with Crippen molar-refractivity contribution in [2.75, 3.05) is 6.61 Å². The van der Waals surface area contributed by atoms with Crippen molar-refractivity contribution in [3.05, 3.63) is 11.4 Å². The largest absolute Gasteiger partial charge is 0.461 e. The highest BCUT2D eigenvalue weighted by Crippen LogP contribution is 2.40. The van der Waals surface area contributed by atoms with Crippen LogP contribution in [-0.2, 0) is 4.74 Å². The molecule has 1 heterocycles. The van der Waals surface area contributed by atoms with Gasteiger partial charge >= 0.3 is 5.97 Å². The predicted octanol–water partition coefficient (Wildman–Crippen LogP) is 1.12. The number of nitrogens with zero attached hydrogens (tertiary/aromatic N) is 2. The zero-order valence-corrected chi connectivity index (χ0v) is 7.32. The standard InChI is InChI=1S/C8H10N2O3/c1-2-12-8(11)7-6(5-3-4-5)9-13-10-7/h5H,2-4H2,1H3. The molecule has 1 aromatic rings. The van der Waals surface area contributed by atoms with E-state index in [1.807, 2.05) is 0 Å². The van der Waals surface area contributed by atoms with Gasteiger partial charge < -0.3 is 4.74 Å². The van der Waals surface area contributed by atoms with Crippen LogP contribution < -0.4 is 0 Å². The number of aromatic nitrogens is 2. The third-order valence-electron chi connectivity index (χ3n) is 1.95. The van der Waals surface area contributed by atoms with Crippen molar-refractivity contribution in [2.24, 2.45) is 0 Å². The van der Waals surface area contributed by atoms with Gasteiger partial charge in [0.25, 0.3) is 0 Å². The molecular formula is C8H10N2O3. The van der Waals surface area contributed by atoms with Crippen LogP contribution in [0.15, 0.2) is 4.63 Å². The number of rotatable bonds is 3. The number of carbonyl (C=O) groups excluding carboxylic acids is 1. The minimum absolute atomic E-state index is 0.240. The van der Waals surface area contributed by atoms with Crippen molar-refractivity contribution in [1.82, 2.24) is 10.3 Å². The number of hydrogen-bond donors (Lipinski definition) is 0. The Morgan fingerprint density at radius 3 is 3.00 bits per heavy atom. The summed E-state index contributed by atoms with van der Waals surface area (Å²) in [6.07, 6.45) is 2.11. The van der Waals surface area contributed by atoms with Crippen molar-refractivity contribution < 1.29 is 14.2 Å². The number of carbonyl (C=O) groups is 1. The maximum Gasteiger partial charge on any atom is 0.362 e. The molecule has 0 aliphatic heterocycles. The van der Waals surface area contributed by atoms with Gasteiger partial charge in [-0.3, -0.25) is 0 Å². The fraction of sp³-hybridized carbons (Fsp3) is 0.625. The molecule has 70 valence electrons. The Bertz CT molecular complexity index is 317. The fourth-order valence-electron chi connectivity index (χ4n) is 1.16. The molecule has 1 aliphatic rings. The van der Waals surface area contributed by atoms with Crippen molar-refractivity contribution >= 4 is 5.97 Å². The number of hydrogen-bond acceptors (Lipinski definition) is 5. The van der Waals surface area contributed by atoms with Crippen LogP contribution >= 0.6 is 0 Å². The van der Waals surface area contributed by atoms with Gasteiger partial charge in [0.1, 0.15) is 5.69 Å². The van der Waals surface area contributed by atoms with E-state index in [0.717, 1.165) is 12.8 Å². The molecule has 0 amide bonds. The van der Waals surface area contributed by atoms with Gasteiger partial charge in [-0.05, 0) is 24.9 Å². The monoisotopic (exact) mass is 182 g/mol. The second kappa shape index (κ2) is 3.16. The van der Waals surface area contributed by atoms with E-state index in [1.165, 1.54) is 0 Å². The molecule has 0 unspecified atom stereocenters. The van der Waals surface area contributed by atoms with E-state index < -0.39 is 5.97 Å². The molecule has 0 radical (unpaired) electrons. The highest BCUT2D eigenvalue weighted by Gasteiger charge is 2.33. The summed E-state index contributed by atoms with van der Waals surface area (Å²) in [5, 5.41) is 7.23. The van der Waals surface area contributed by atoms with E-state index >= 15 is 0 Å². The van der Waals surface area contributed by atoms with E-state index in [4.69, 9.17) is 4.74 Å². The van der Waals surface area contributed by atoms with Crippen LogP contribution in [0.2, 0.25) is 0 Å². The maximum atomic E-state index is 11.3. The van der Waals surface area contributed by atoms with Gasteiger partial charge in [-0.2, -0.15) is 0 Å². The minimum Gasteiger partial charge on any atom is -0.461 e. The van der Waals surface area contributed by atoms with Gasteiger partial charge in [0.2, 0.25) is 5.69 Å². The van der Waals surface area contributed by atoms with Crippen molar-refractivity contribution in [3.63, 3.8) is 0 Å². The van der Waals surface area contributed by atoms with E-state index in [9.17, 15) is 4.79 Å². The molecule has 1 aromatic heterocycles. The van der Waals surface area contributed by atoms with Crippen LogP contribution in [0.5, 0.6) is 0 Å². The van der Waals surface area contributed by atoms with Gasteiger partial charge in [-0.15, -0.1) is 0 Å². The lowest BCUT2D eigenvalue weighted by Crippen LogP contribution is -2.07. The average molecular weight is 182 g/mol. The molecule has 1 saturated carbocycles. The van der Waals surface area contributed by atoms with Crippen LogP contribution in [0.4, 0.5) is 0 Å². The van der Waals surface area contributed by atoms with Crippen LogP contribution in [0.3, 0.4) is 0 Å². The van der Waals surface area contributed by atoms with Crippen molar-refractivity contribution in [2.45, 2.75) is 25.7 Å². The van der Waals surface area contributed by atoms with Gasteiger partial charge in [0, 0.05) is 5.92 Å². The molecule has 0 saturated heterocycles. The third kappa shape index (κ3) is 1.54. The summed E-state index contributed by atoms with van der Waals surface area (Å²) in [7, 11) is 0. The Labute approximate surface area is 75.0 Å². The molecule has 1 aliphatic carbocycles. The predicted molar refractivity (Wildman–Crippen MR) is 42.2 cm³/mol. The third-order valence-corrected chi connectivity index (χ3v) is 1.95. The maximum absolute atomic E-state index is 11.3. The first-order valence-corrected chi connectivity index (χ1v) is 4.32. The second-order valence-electron chi connectivity index (χ2n) is 2.99. The molecule has 5 nitrogen and oxygen atoms in total. The van der Waals surface area contributed by atoms with E-state index in [0.29, 0.717) is 18.2 Å². The highest BCUT2D eigenvalue weighted by atomic mass is 16.6. The molecule has 2 rings (SSSR count). The van der Waals surface area contributed by atoms with E-state index in [1.54, 1.807) is 6.92 Å². The Hall–Kier alpha value is -1.39. The lowest BCUT2D eigenvalue weighted by atomic mass is 10.2. The normalized spacial score (nSPS) is 15.8. The Morgan fingerprint density at radius 1 is 1.62 bits per heavy atom. The lowest BCUT2D eigenvalue weighted by Gasteiger charge is -1.97. The molecule has 0 bridgehead atoms. The smallest absolute Gasteiger partial charge is 0.362 e. The van der Waals surface area contributed by atoms with Gasteiger partial charge in [-0.25, -0.2) is 9.42 Å². The first-order chi connectivity index (χ1) is 6.33. The summed E-state index contributed by atoms with van der Waals surface area (Å²) in [5.41, 5.74) is 0.891. The summed E-state index contributed by atoms with van der Waals surface area (Å²) < 4.78 is 9.32. The van der Waals surface area contributed by atoms with Crippen LogP contribution in [0.1, 0.15) is 41.9 Å². The summed E-state index contributed by atoms with van der Waals surface area (Å²) in [5.74, 6) is -0.0868.